The maximum Gasteiger partial charge on any atom is 0.338 e. The van der Waals surface area contributed by atoms with Crippen molar-refractivity contribution in [3.8, 4) is 5.75 Å². The Morgan fingerprint density at radius 3 is 1.60 bits per heavy atom. The molecule has 0 saturated carbocycles. The first-order valence-corrected chi connectivity index (χ1v) is 14.2. The highest BCUT2D eigenvalue weighted by molar-refractivity contribution is 5.89. The molecule has 5 rings (SSSR count). The molecule has 8 heteroatoms. The van der Waals surface area contributed by atoms with Crippen molar-refractivity contribution in [3.63, 3.8) is 0 Å². The van der Waals surface area contributed by atoms with Crippen LogP contribution in [-0.4, -0.2) is 55.5 Å². The lowest BCUT2D eigenvalue weighted by Gasteiger charge is -2.44. The van der Waals surface area contributed by atoms with Crippen LogP contribution >= 0.6 is 0 Å². The summed E-state index contributed by atoms with van der Waals surface area (Å²) in [5.41, 5.74) is 3.20. The minimum Gasteiger partial charge on any atom is -0.497 e. The Bertz CT molecular complexity index is 1380. The van der Waals surface area contributed by atoms with Crippen molar-refractivity contribution in [2.45, 2.75) is 50.5 Å². The molecular weight excluding hydrogens is 548 g/mol. The third kappa shape index (κ3) is 8.50. The highest BCUT2D eigenvalue weighted by Gasteiger charge is 2.48. The molecule has 1 N–H and O–H groups in total. The zero-order chi connectivity index (χ0) is 29.9. The van der Waals surface area contributed by atoms with Gasteiger partial charge in [0.15, 0.2) is 6.29 Å². The molecule has 0 amide bonds. The smallest absolute Gasteiger partial charge is 0.338 e. The van der Waals surface area contributed by atoms with Crippen LogP contribution < -0.4 is 4.74 Å². The van der Waals surface area contributed by atoms with Gasteiger partial charge in [0.2, 0.25) is 0 Å². The van der Waals surface area contributed by atoms with Gasteiger partial charge in [-0.25, -0.2) is 4.79 Å². The van der Waals surface area contributed by atoms with Gasteiger partial charge in [-0.2, -0.15) is 0 Å². The first kappa shape index (κ1) is 30.4. The van der Waals surface area contributed by atoms with Gasteiger partial charge in [0.05, 0.1) is 32.5 Å². The largest absolute Gasteiger partial charge is 0.497 e. The van der Waals surface area contributed by atoms with E-state index >= 15 is 0 Å². The summed E-state index contributed by atoms with van der Waals surface area (Å²) in [6, 6.07) is 35.7. The molecule has 1 aliphatic rings. The molecule has 1 aliphatic heterocycles. The van der Waals surface area contributed by atoms with Crippen molar-refractivity contribution in [1.29, 1.82) is 0 Å². The van der Waals surface area contributed by atoms with Crippen molar-refractivity contribution in [2.75, 3.05) is 13.7 Å². The van der Waals surface area contributed by atoms with E-state index in [-0.39, 0.29) is 26.4 Å². The molecule has 43 heavy (non-hydrogen) atoms. The van der Waals surface area contributed by atoms with E-state index in [9.17, 15) is 9.90 Å². The number of aliphatic hydroxyl groups is 1. The van der Waals surface area contributed by atoms with Gasteiger partial charge in [0.25, 0.3) is 0 Å². The summed E-state index contributed by atoms with van der Waals surface area (Å²) in [6.07, 6.45) is -4.56. The fourth-order valence-corrected chi connectivity index (χ4v) is 4.87. The highest BCUT2D eigenvalue weighted by Crippen LogP contribution is 2.30. The topological polar surface area (TPSA) is 92.7 Å². The summed E-state index contributed by atoms with van der Waals surface area (Å²) in [7, 11) is 1.56. The van der Waals surface area contributed by atoms with Gasteiger partial charge in [0, 0.05) is 0 Å². The molecule has 4 aromatic carbocycles. The molecule has 1 heterocycles. The average molecular weight is 585 g/mol. The highest BCUT2D eigenvalue weighted by atomic mass is 16.7. The lowest BCUT2D eigenvalue weighted by Crippen LogP contribution is -2.61. The Balaban J connectivity index is 1.37. The number of hydrogen-bond acceptors (Lipinski definition) is 8. The Morgan fingerprint density at radius 1 is 0.651 bits per heavy atom. The molecule has 224 valence electrons. The van der Waals surface area contributed by atoms with E-state index in [0.29, 0.717) is 11.3 Å². The van der Waals surface area contributed by atoms with Crippen molar-refractivity contribution < 1.29 is 38.3 Å². The normalized spacial score (nSPS) is 21.7. The molecular formula is C35H36O8. The lowest BCUT2D eigenvalue weighted by atomic mass is 9.98. The number of esters is 1. The maximum absolute atomic E-state index is 12.9. The quantitative estimate of drug-likeness (QED) is 0.211. The third-order valence-corrected chi connectivity index (χ3v) is 7.17. The van der Waals surface area contributed by atoms with Crippen molar-refractivity contribution >= 4 is 5.97 Å². The van der Waals surface area contributed by atoms with E-state index in [1.807, 2.05) is 91.0 Å². The summed E-state index contributed by atoms with van der Waals surface area (Å²) in [5, 5.41) is 11.2. The van der Waals surface area contributed by atoms with E-state index in [1.165, 1.54) is 0 Å². The van der Waals surface area contributed by atoms with Crippen molar-refractivity contribution in [2.24, 2.45) is 0 Å². The molecule has 4 aromatic rings. The van der Waals surface area contributed by atoms with Gasteiger partial charge in [0.1, 0.15) is 36.8 Å². The zero-order valence-corrected chi connectivity index (χ0v) is 24.0. The number of carbonyl (C=O) groups excluding carboxylic acids is 1. The van der Waals surface area contributed by atoms with Crippen LogP contribution in [0.25, 0.3) is 0 Å². The van der Waals surface area contributed by atoms with E-state index < -0.39 is 36.7 Å². The second kappa shape index (κ2) is 15.4. The number of aliphatic hydroxyl groups excluding tert-OH is 1. The predicted molar refractivity (Wildman–Crippen MR) is 159 cm³/mol. The van der Waals surface area contributed by atoms with Gasteiger partial charge >= 0.3 is 5.97 Å². The van der Waals surface area contributed by atoms with Crippen LogP contribution in [-0.2, 0) is 43.5 Å². The fourth-order valence-electron chi connectivity index (χ4n) is 4.87. The Hall–Kier alpha value is -4.05. The molecule has 0 aliphatic carbocycles. The van der Waals surface area contributed by atoms with Gasteiger partial charge in [-0.05, 0) is 41.0 Å². The number of rotatable bonds is 13. The zero-order valence-electron chi connectivity index (χ0n) is 24.0. The summed E-state index contributed by atoms with van der Waals surface area (Å²) in [4.78, 5) is 12.9. The third-order valence-electron chi connectivity index (χ3n) is 7.17. The summed E-state index contributed by atoms with van der Waals surface area (Å²) < 4.78 is 36.0. The average Bonchev–Trinajstić information content (AvgIpc) is 3.06. The molecule has 0 aromatic heterocycles. The number of methoxy groups -OCH3 is 1. The molecule has 5 atom stereocenters. The van der Waals surface area contributed by atoms with Crippen LogP contribution in [0, 0.1) is 0 Å². The monoisotopic (exact) mass is 584 g/mol. The van der Waals surface area contributed by atoms with Crippen LogP contribution in [0.2, 0.25) is 0 Å². The van der Waals surface area contributed by atoms with E-state index in [4.69, 9.17) is 28.4 Å². The van der Waals surface area contributed by atoms with Gasteiger partial charge < -0.3 is 33.5 Å². The maximum atomic E-state index is 12.9. The Labute approximate surface area is 251 Å². The number of ether oxygens (including phenoxy) is 6. The van der Waals surface area contributed by atoms with Gasteiger partial charge in [-0.3, -0.25) is 0 Å². The second-order valence-corrected chi connectivity index (χ2v) is 10.2. The predicted octanol–water partition coefficient (Wildman–Crippen LogP) is 5.33. The first-order valence-electron chi connectivity index (χ1n) is 14.2. The fraction of sp³-hybridized carbons (Fsp3) is 0.286. The second-order valence-electron chi connectivity index (χ2n) is 10.2. The van der Waals surface area contributed by atoms with Crippen LogP contribution in [0.5, 0.6) is 5.75 Å². The Morgan fingerprint density at radius 2 is 1.12 bits per heavy atom. The minimum absolute atomic E-state index is 0.169. The minimum atomic E-state index is -1.36. The molecule has 8 nitrogen and oxygen atoms in total. The molecule has 1 saturated heterocycles. The summed E-state index contributed by atoms with van der Waals surface area (Å²) >= 11 is 0. The van der Waals surface area contributed by atoms with Crippen LogP contribution in [0.1, 0.15) is 27.0 Å². The molecule has 1 fully saturated rings. The summed E-state index contributed by atoms with van der Waals surface area (Å²) in [5.74, 6) is 0.0939. The van der Waals surface area contributed by atoms with Crippen molar-refractivity contribution in [3.05, 3.63) is 138 Å². The van der Waals surface area contributed by atoms with Gasteiger partial charge in [-0.1, -0.05) is 91.0 Å². The standard InChI is InChI=1S/C35H36O8/c1-38-29-19-17-28(18-20-29)34(36)42-24-30-31(39-21-25-11-5-2-6-12-25)32(40-22-26-13-7-3-8-14-26)33(35(37)43-30)41-23-27-15-9-4-10-16-27/h2-20,30-33,35,37H,21-24H2,1H3/t30-,31+,32+,33-,35-/m1/s1. The summed E-state index contributed by atoms with van der Waals surface area (Å²) in [6.45, 7) is 0.578. The van der Waals surface area contributed by atoms with Crippen LogP contribution in [0.15, 0.2) is 115 Å². The number of carbonyl (C=O) groups is 1. The number of hydrogen-bond donors (Lipinski definition) is 1. The van der Waals surface area contributed by atoms with Crippen LogP contribution in [0.3, 0.4) is 0 Å². The van der Waals surface area contributed by atoms with Gasteiger partial charge in [-0.15, -0.1) is 0 Å². The molecule has 0 spiro atoms. The SMILES string of the molecule is COc1ccc(C(=O)OC[C@H]2O[C@@H](O)[C@H](OCc3ccccc3)[C@@H](OCc3ccccc3)[C@H]2OCc2ccccc2)cc1. The molecule has 0 unspecified atom stereocenters. The van der Waals surface area contributed by atoms with E-state index in [2.05, 4.69) is 0 Å². The Kier molecular flexibility index (Phi) is 10.9. The van der Waals surface area contributed by atoms with Crippen molar-refractivity contribution in [1.82, 2.24) is 0 Å². The lowest BCUT2D eigenvalue weighted by molar-refractivity contribution is -0.315. The first-order chi connectivity index (χ1) is 21.1. The molecule has 0 radical (unpaired) electrons. The number of benzene rings is 4. The molecule has 0 bridgehead atoms. The van der Waals surface area contributed by atoms with E-state index in [0.717, 1.165) is 16.7 Å². The van der Waals surface area contributed by atoms with E-state index in [1.54, 1.807) is 31.4 Å². The van der Waals surface area contributed by atoms with Crippen LogP contribution in [0.4, 0.5) is 0 Å².